The topological polar surface area (TPSA) is 63.4 Å². The van der Waals surface area contributed by atoms with Crippen LogP contribution in [-0.2, 0) is 4.79 Å². The predicted molar refractivity (Wildman–Crippen MR) is 64.7 cm³/mol. The van der Waals surface area contributed by atoms with Crippen LogP contribution in [0.4, 0.5) is 0 Å². The van der Waals surface area contributed by atoms with E-state index < -0.39 is 11.9 Å². The molecule has 2 amide bonds. The summed E-state index contributed by atoms with van der Waals surface area (Å²) in [6.45, 7) is 0.568. The Morgan fingerprint density at radius 1 is 1.41 bits per heavy atom. The summed E-state index contributed by atoms with van der Waals surface area (Å²) in [6.07, 6.45) is 1.45. The average molecular weight is 253 g/mol. The number of primary amides is 1. The van der Waals surface area contributed by atoms with Crippen molar-refractivity contribution in [2.45, 2.75) is 18.9 Å². The molecular formula is C12H13ClN2O2. The van der Waals surface area contributed by atoms with Crippen LogP contribution in [0.1, 0.15) is 23.2 Å². The van der Waals surface area contributed by atoms with Crippen LogP contribution in [-0.4, -0.2) is 29.3 Å². The van der Waals surface area contributed by atoms with Crippen molar-refractivity contribution in [2.24, 2.45) is 5.73 Å². The SMILES string of the molecule is NC(=O)[C@@H]1CCCN1C(=O)c1cccc(Cl)c1. The molecule has 0 aromatic heterocycles. The molecule has 0 radical (unpaired) electrons. The second-order valence-corrected chi connectivity index (χ2v) is 4.51. The van der Waals surface area contributed by atoms with Crippen LogP contribution in [0, 0.1) is 0 Å². The van der Waals surface area contributed by atoms with Gasteiger partial charge in [-0.2, -0.15) is 0 Å². The first-order valence-electron chi connectivity index (χ1n) is 5.45. The maximum Gasteiger partial charge on any atom is 0.254 e. The molecule has 90 valence electrons. The van der Waals surface area contributed by atoms with Gasteiger partial charge in [-0.05, 0) is 31.0 Å². The number of hydrogen-bond donors (Lipinski definition) is 1. The predicted octanol–water partition coefficient (Wildman–Crippen LogP) is 1.43. The van der Waals surface area contributed by atoms with Gasteiger partial charge in [-0.3, -0.25) is 9.59 Å². The number of hydrogen-bond acceptors (Lipinski definition) is 2. The number of likely N-dealkylation sites (tertiary alicyclic amines) is 1. The summed E-state index contributed by atoms with van der Waals surface area (Å²) >= 11 is 5.83. The fourth-order valence-corrected chi connectivity index (χ4v) is 2.28. The van der Waals surface area contributed by atoms with E-state index in [0.717, 1.165) is 6.42 Å². The van der Waals surface area contributed by atoms with Crippen LogP contribution in [0.5, 0.6) is 0 Å². The molecule has 1 aliphatic heterocycles. The lowest BCUT2D eigenvalue weighted by atomic mass is 10.1. The minimum absolute atomic E-state index is 0.186. The Morgan fingerprint density at radius 2 is 2.18 bits per heavy atom. The van der Waals surface area contributed by atoms with Gasteiger partial charge in [0.15, 0.2) is 0 Å². The number of amides is 2. The zero-order valence-electron chi connectivity index (χ0n) is 9.23. The van der Waals surface area contributed by atoms with Gasteiger partial charge in [-0.1, -0.05) is 17.7 Å². The lowest BCUT2D eigenvalue weighted by molar-refractivity contribution is -0.121. The summed E-state index contributed by atoms with van der Waals surface area (Å²) in [4.78, 5) is 24.9. The summed E-state index contributed by atoms with van der Waals surface area (Å²) in [6, 6.07) is 6.21. The van der Waals surface area contributed by atoms with Gasteiger partial charge in [0.2, 0.25) is 5.91 Å². The highest BCUT2D eigenvalue weighted by Gasteiger charge is 2.33. The molecule has 1 heterocycles. The second kappa shape index (κ2) is 4.75. The van der Waals surface area contributed by atoms with E-state index in [2.05, 4.69) is 0 Å². The molecule has 4 nitrogen and oxygen atoms in total. The van der Waals surface area contributed by atoms with Gasteiger partial charge in [-0.25, -0.2) is 0 Å². The van der Waals surface area contributed by atoms with Gasteiger partial charge >= 0.3 is 0 Å². The van der Waals surface area contributed by atoms with Crippen molar-refractivity contribution < 1.29 is 9.59 Å². The fraction of sp³-hybridized carbons (Fsp3) is 0.333. The zero-order valence-corrected chi connectivity index (χ0v) is 9.98. The smallest absolute Gasteiger partial charge is 0.254 e. The quantitative estimate of drug-likeness (QED) is 0.866. The summed E-state index contributed by atoms with van der Waals surface area (Å²) in [7, 11) is 0. The van der Waals surface area contributed by atoms with Gasteiger partial charge in [0, 0.05) is 17.1 Å². The zero-order chi connectivity index (χ0) is 12.4. The Labute approximate surface area is 104 Å². The summed E-state index contributed by atoms with van der Waals surface area (Å²) < 4.78 is 0. The van der Waals surface area contributed by atoms with E-state index in [4.69, 9.17) is 17.3 Å². The molecular weight excluding hydrogens is 240 g/mol. The van der Waals surface area contributed by atoms with Crippen LogP contribution in [0.25, 0.3) is 0 Å². The molecule has 2 N–H and O–H groups in total. The fourth-order valence-electron chi connectivity index (χ4n) is 2.09. The molecule has 1 aromatic carbocycles. The Bertz CT molecular complexity index is 462. The van der Waals surface area contributed by atoms with E-state index in [1.54, 1.807) is 24.3 Å². The molecule has 0 aliphatic carbocycles. The normalized spacial score (nSPS) is 19.4. The van der Waals surface area contributed by atoms with Crippen molar-refractivity contribution in [3.63, 3.8) is 0 Å². The molecule has 1 saturated heterocycles. The van der Waals surface area contributed by atoms with Crippen LogP contribution in [0.15, 0.2) is 24.3 Å². The van der Waals surface area contributed by atoms with Gasteiger partial charge in [-0.15, -0.1) is 0 Å². The van der Waals surface area contributed by atoms with Crippen molar-refractivity contribution in [3.05, 3.63) is 34.9 Å². The van der Waals surface area contributed by atoms with E-state index >= 15 is 0 Å². The van der Waals surface area contributed by atoms with Gasteiger partial charge < -0.3 is 10.6 Å². The summed E-state index contributed by atoms with van der Waals surface area (Å²) in [5.74, 6) is -0.633. The molecule has 17 heavy (non-hydrogen) atoms. The maximum atomic E-state index is 12.2. The van der Waals surface area contributed by atoms with E-state index in [1.807, 2.05) is 0 Å². The minimum atomic E-state index is -0.485. The first-order chi connectivity index (χ1) is 8.09. The summed E-state index contributed by atoms with van der Waals surface area (Å²) in [5.41, 5.74) is 5.77. The number of rotatable bonds is 2. The number of carbonyl (C=O) groups excluding carboxylic acids is 2. The Balaban J connectivity index is 2.23. The van der Waals surface area contributed by atoms with E-state index in [0.29, 0.717) is 23.6 Å². The third-order valence-electron chi connectivity index (χ3n) is 2.91. The lowest BCUT2D eigenvalue weighted by Crippen LogP contribution is -2.43. The molecule has 1 aliphatic rings. The number of benzene rings is 1. The molecule has 0 bridgehead atoms. The molecule has 1 fully saturated rings. The molecule has 2 rings (SSSR count). The first-order valence-corrected chi connectivity index (χ1v) is 5.83. The first kappa shape index (κ1) is 11.9. The van der Waals surface area contributed by atoms with Gasteiger partial charge in [0.05, 0.1) is 0 Å². The van der Waals surface area contributed by atoms with Crippen molar-refractivity contribution >= 4 is 23.4 Å². The number of carbonyl (C=O) groups is 2. The number of nitrogens with two attached hydrogens (primary N) is 1. The van der Waals surface area contributed by atoms with Crippen LogP contribution in [0.3, 0.4) is 0 Å². The Hall–Kier alpha value is -1.55. The van der Waals surface area contributed by atoms with Crippen molar-refractivity contribution in [2.75, 3.05) is 6.54 Å². The lowest BCUT2D eigenvalue weighted by Gasteiger charge is -2.22. The van der Waals surface area contributed by atoms with E-state index in [9.17, 15) is 9.59 Å². The van der Waals surface area contributed by atoms with E-state index in [-0.39, 0.29) is 5.91 Å². The highest BCUT2D eigenvalue weighted by molar-refractivity contribution is 6.31. The molecule has 0 spiro atoms. The standard InChI is InChI=1S/C12H13ClN2O2/c13-9-4-1-3-8(7-9)12(17)15-6-2-5-10(15)11(14)16/h1,3-4,7,10H,2,5-6H2,(H2,14,16)/t10-/m0/s1. The highest BCUT2D eigenvalue weighted by Crippen LogP contribution is 2.21. The Kier molecular flexibility index (Phi) is 3.33. The minimum Gasteiger partial charge on any atom is -0.368 e. The maximum absolute atomic E-state index is 12.2. The van der Waals surface area contributed by atoms with Gasteiger partial charge in [0.25, 0.3) is 5.91 Å². The Morgan fingerprint density at radius 3 is 2.82 bits per heavy atom. The third-order valence-corrected chi connectivity index (χ3v) is 3.15. The van der Waals surface area contributed by atoms with Crippen molar-refractivity contribution in [1.29, 1.82) is 0 Å². The van der Waals surface area contributed by atoms with Crippen LogP contribution >= 0.6 is 11.6 Å². The van der Waals surface area contributed by atoms with Crippen molar-refractivity contribution in [1.82, 2.24) is 4.90 Å². The average Bonchev–Trinajstić information content (AvgIpc) is 2.77. The summed E-state index contributed by atoms with van der Waals surface area (Å²) in [5, 5.41) is 0.505. The molecule has 1 atom stereocenters. The largest absolute Gasteiger partial charge is 0.368 e. The van der Waals surface area contributed by atoms with Gasteiger partial charge in [0.1, 0.15) is 6.04 Å². The number of halogens is 1. The van der Waals surface area contributed by atoms with Crippen LogP contribution in [0.2, 0.25) is 5.02 Å². The molecule has 1 aromatic rings. The third kappa shape index (κ3) is 2.42. The van der Waals surface area contributed by atoms with Crippen LogP contribution < -0.4 is 5.73 Å². The monoisotopic (exact) mass is 252 g/mol. The van der Waals surface area contributed by atoms with E-state index in [1.165, 1.54) is 4.90 Å². The molecule has 5 heteroatoms. The molecule has 0 unspecified atom stereocenters. The highest BCUT2D eigenvalue weighted by atomic mass is 35.5. The molecule has 0 saturated carbocycles. The second-order valence-electron chi connectivity index (χ2n) is 4.07. The number of nitrogens with zero attached hydrogens (tertiary/aromatic N) is 1. The van der Waals surface area contributed by atoms with Crippen molar-refractivity contribution in [3.8, 4) is 0 Å².